The molecule has 0 radical (unpaired) electrons. The molecule has 1 aromatic carbocycles. The molecule has 0 atom stereocenters. The minimum absolute atomic E-state index is 0.143. The lowest BCUT2D eigenvalue weighted by Gasteiger charge is -2.02. The van der Waals surface area contributed by atoms with Crippen LogP contribution in [0.1, 0.15) is 18.9 Å². The maximum Gasteiger partial charge on any atom is 0.130 e. The third-order valence-corrected chi connectivity index (χ3v) is 2.13. The number of phenolic OH excluding ortho intramolecular Hbond substituents is 1. The van der Waals surface area contributed by atoms with Crippen LogP contribution in [0.4, 0.5) is 0 Å². The largest absolute Gasteiger partial charge is 0.508 e. The molecule has 0 saturated carbocycles. The van der Waals surface area contributed by atoms with Gasteiger partial charge in [0.1, 0.15) is 11.5 Å². The number of ketones is 1. The van der Waals surface area contributed by atoms with Gasteiger partial charge >= 0.3 is 0 Å². The quantitative estimate of drug-likeness (QED) is 0.811. The minimum atomic E-state index is 0.143. The second-order valence-electron chi connectivity index (χ2n) is 2.98. The molecule has 0 amide bonds. The summed E-state index contributed by atoms with van der Waals surface area (Å²) < 4.78 is 0. The lowest BCUT2D eigenvalue weighted by Crippen LogP contribution is -1.94. The number of Topliss-reactive ketones (excluding diaryl/α,β-unsaturated/α-hetero) is 1. The predicted octanol–water partition coefficient (Wildman–Crippen LogP) is 2.57. The summed E-state index contributed by atoms with van der Waals surface area (Å²) in [6, 6.07) is 4.79. The molecule has 0 heterocycles. The normalized spacial score (nSPS) is 10.0. The number of aromatic hydroxyl groups is 1. The van der Waals surface area contributed by atoms with E-state index in [4.69, 9.17) is 16.7 Å². The average Bonchev–Trinajstić information content (AvgIpc) is 2.02. The number of aryl methyl sites for hydroxylation is 1. The van der Waals surface area contributed by atoms with Gasteiger partial charge in [0, 0.05) is 11.4 Å². The molecule has 2 nitrogen and oxygen atoms in total. The van der Waals surface area contributed by atoms with E-state index in [0.717, 1.165) is 5.56 Å². The minimum Gasteiger partial charge on any atom is -0.508 e. The van der Waals surface area contributed by atoms with Crippen molar-refractivity contribution in [1.82, 2.24) is 0 Å². The number of benzene rings is 1. The van der Waals surface area contributed by atoms with Crippen molar-refractivity contribution in [3.63, 3.8) is 0 Å². The number of phenols is 1. The fourth-order valence-corrected chi connectivity index (χ4v) is 1.32. The van der Waals surface area contributed by atoms with Crippen LogP contribution in [-0.4, -0.2) is 10.9 Å². The van der Waals surface area contributed by atoms with Crippen molar-refractivity contribution >= 4 is 17.4 Å². The van der Waals surface area contributed by atoms with Crippen molar-refractivity contribution in [2.75, 3.05) is 0 Å². The van der Waals surface area contributed by atoms with Crippen LogP contribution in [-0.2, 0) is 11.2 Å². The Kier molecular flexibility index (Phi) is 3.32. The van der Waals surface area contributed by atoms with E-state index in [2.05, 4.69) is 0 Å². The highest BCUT2D eigenvalue weighted by atomic mass is 35.5. The Hall–Kier alpha value is -1.02. The van der Waals surface area contributed by atoms with E-state index in [9.17, 15) is 4.79 Å². The van der Waals surface area contributed by atoms with Crippen molar-refractivity contribution in [2.24, 2.45) is 0 Å². The van der Waals surface area contributed by atoms with Gasteiger partial charge < -0.3 is 9.90 Å². The molecule has 0 aliphatic carbocycles. The molecule has 1 rings (SSSR count). The summed E-state index contributed by atoms with van der Waals surface area (Å²) in [5.74, 6) is 0.292. The topological polar surface area (TPSA) is 37.3 Å². The first-order valence-corrected chi connectivity index (χ1v) is 4.44. The zero-order valence-electron chi connectivity index (χ0n) is 7.38. The van der Waals surface area contributed by atoms with Gasteiger partial charge in [-0.25, -0.2) is 0 Å². The Labute approximate surface area is 82.2 Å². The maximum absolute atomic E-state index is 10.7. The number of carbonyl (C=O) groups excluding carboxylic acids is 1. The first-order chi connectivity index (χ1) is 6.09. The van der Waals surface area contributed by atoms with Gasteiger partial charge in [-0.3, -0.25) is 0 Å². The third-order valence-electron chi connectivity index (χ3n) is 1.78. The van der Waals surface area contributed by atoms with E-state index in [1.54, 1.807) is 19.1 Å². The summed E-state index contributed by atoms with van der Waals surface area (Å²) in [5.41, 5.74) is 0.898. The number of rotatable bonds is 3. The van der Waals surface area contributed by atoms with Gasteiger partial charge in [-0.2, -0.15) is 0 Å². The summed E-state index contributed by atoms with van der Waals surface area (Å²) in [5, 5.41) is 9.58. The smallest absolute Gasteiger partial charge is 0.130 e. The van der Waals surface area contributed by atoms with Gasteiger partial charge in [0.25, 0.3) is 0 Å². The van der Waals surface area contributed by atoms with Gasteiger partial charge in [0.05, 0.1) is 0 Å². The Balaban J connectivity index is 2.72. The first-order valence-electron chi connectivity index (χ1n) is 4.06. The molecule has 0 unspecified atom stereocenters. The van der Waals surface area contributed by atoms with E-state index in [1.807, 2.05) is 0 Å². The van der Waals surface area contributed by atoms with Crippen LogP contribution in [0.3, 0.4) is 0 Å². The molecule has 0 spiro atoms. The van der Waals surface area contributed by atoms with Crippen LogP contribution in [0.15, 0.2) is 18.2 Å². The van der Waals surface area contributed by atoms with Crippen molar-refractivity contribution in [3.8, 4) is 5.75 Å². The number of hydrogen-bond acceptors (Lipinski definition) is 2. The second-order valence-corrected chi connectivity index (χ2v) is 3.38. The maximum atomic E-state index is 10.7. The molecule has 3 heteroatoms. The lowest BCUT2D eigenvalue weighted by molar-refractivity contribution is -0.116. The fraction of sp³-hybridized carbons (Fsp3) is 0.300. The second kappa shape index (κ2) is 4.28. The van der Waals surface area contributed by atoms with E-state index >= 15 is 0 Å². The molecule has 0 saturated heterocycles. The standard InChI is InChI=1S/C10H11ClO2/c1-7(12)2-3-8-4-5-9(13)6-10(8)11/h4-6,13H,2-3H2,1H3. The molecule has 1 aromatic rings. The monoisotopic (exact) mass is 198 g/mol. The Bertz CT molecular complexity index is 321. The van der Waals surface area contributed by atoms with Gasteiger partial charge in [-0.1, -0.05) is 17.7 Å². The summed E-state index contributed by atoms with van der Waals surface area (Å²) in [7, 11) is 0. The number of carbonyl (C=O) groups is 1. The number of hydrogen-bond donors (Lipinski definition) is 1. The summed E-state index contributed by atoms with van der Waals surface area (Å²) in [4.78, 5) is 10.7. The molecule has 0 aromatic heterocycles. The molecule has 1 N–H and O–H groups in total. The van der Waals surface area contributed by atoms with E-state index in [0.29, 0.717) is 17.9 Å². The number of halogens is 1. The van der Waals surface area contributed by atoms with Gasteiger partial charge in [0.15, 0.2) is 0 Å². The Morgan fingerprint density at radius 2 is 2.23 bits per heavy atom. The van der Waals surface area contributed by atoms with Crippen molar-refractivity contribution in [1.29, 1.82) is 0 Å². The first kappa shape index (κ1) is 10.1. The van der Waals surface area contributed by atoms with Gasteiger partial charge in [0.2, 0.25) is 0 Å². The molecule has 70 valence electrons. The Morgan fingerprint density at radius 1 is 1.54 bits per heavy atom. The van der Waals surface area contributed by atoms with Crippen LogP contribution in [0, 0.1) is 0 Å². The molecule has 0 fully saturated rings. The predicted molar refractivity (Wildman–Crippen MR) is 52.1 cm³/mol. The molecular formula is C10H11ClO2. The molecule has 0 aliphatic heterocycles. The van der Waals surface area contributed by atoms with Crippen molar-refractivity contribution < 1.29 is 9.90 Å². The molecule has 0 bridgehead atoms. The van der Waals surface area contributed by atoms with Gasteiger partial charge in [-0.05, 0) is 31.0 Å². The average molecular weight is 199 g/mol. The zero-order chi connectivity index (χ0) is 9.84. The van der Waals surface area contributed by atoms with Crippen LogP contribution < -0.4 is 0 Å². The van der Waals surface area contributed by atoms with E-state index in [-0.39, 0.29) is 11.5 Å². The van der Waals surface area contributed by atoms with Gasteiger partial charge in [-0.15, -0.1) is 0 Å². The molecule has 13 heavy (non-hydrogen) atoms. The lowest BCUT2D eigenvalue weighted by atomic mass is 10.1. The Morgan fingerprint density at radius 3 is 2.77 bits per heavy atom. The molecule has 0 aliphatic rings. The summed E-state index contributed by atoms with van der Waals surface area (Å²) in [6.07, 6.45) is 1.12. The van der Waals surface area contributed by atoms with Crippen LogP contribution in [0.5, 0.6) is 5.75 Å². The van der Waals surface area contributed by atoms with E-state index < -0.39 is 0 Å². The molecular weight excluding hydrogens is 188 g/mol. The third kappa shape index (κ3) is 3.07. The highest BCUT2D eigenvalue weighted by molar-refractivity contribution is 6.31. The van der Waals surface area contributed by atoms with Crippen LogP contribution in [0.25, 0.3) is 0 Å². The SMILES string of the molecule is CC(=O)CCc1ccc(O)cc1Cl. The highest BCUT2D eigenvalue weighted by Gasteiger charge is 2.02. The summed E-state index contributed by atoms with van der Waals surface area (Å²) in [6.45, 7) is 1.55. The summed E-state index contributed by atoms with van der Waals surface area (Å²) >= 11 is 5.84. The van der Waals surface area contributed by atoms with Crippen LogP contribution >= 0.6 is 11.6 Å². The van der Waals surface area contributed by atoms with Crippen LogP contribution in [0.2, 0.25) is 5.02 Å². The van der Waals surface area contributed by atoms with Crippen molar-refractivity contribution in [3.05, 3.63) is 28.8 Å². The van der Waals surface area contributed by atoms with Crippen molar-refractivity contribution in [2.45, 2.75) is 19.8 Å². The van der Waals surface area contributed by atoms with E-state index in [1.165, 1.54) is 6.07 Å². The fourth-order valence-electron chi connectivity index (χ4n) is 1.05. The highest BCUT2D eigenvalue weighted by Crippen LogP contribution is 2.22. The zero-order valence-corrected chi connectivity index (χ0v) is 8.14.